The molecule has 3 unspecified atom stereocenters. The molecule has 0 saturated carbocycles. The van der Waals surface area contributed by atoms with E-state index < -0.39 is 6.04 Å². The molecule has 14 nitrogen and oxygen atoms in total. The van der Waals surface area contributed by atoms with E-state index in [2.05, 4.69) is 32.4 Å². The van der Waals surface area contributed by atoms with E-state index >= 15 is 0 Å². The summed E-state index contributed by atoms with van der Waals surface area (Å²) in [5.41, 5.74) is 20.0. The number of nitrogens with zero attached hydrogens (tertiary/aromatic N) is 1. The van der Waals surface area contributed by atoms with Crippen molar-refractivity contribution >= 4 is 40.5 Å². The molecule has 1 aliphatic heterocycles. The zero-order valence-corrected chi connectivity index (χ0v) is 35.5. The van der Waals surface area contributed by atoms with Gasteiger partial charge in [-0.05, 0) is 101 Å². The number of rotatable bonds is 10. The summed E-state index contributed by atoms with van der Waals surface area (Å²) < 4.78 is 25.9. The predicted molar refractivity (Wildman–Crippen MR) is 233 cm³/mol. The highest BCUT2D eigenvalue weighted by atomic mass is 19.1. The quantitative estimate of drug-likeness (QED) is 0.118. The van der Waals surface area contributed by atoms with Gasteiger partial charge in [-0.1, -0.05) is 58.4 Å². The van der Waals surface area contributed by atoms with Crippen LogP contribution in [0.3, 0.4) is 0 Å². The maximum atomic E-state index is 13.2. The molecule has 1 aromatic heterocycles. The van der Waals surface area contributed by atoms with Crippen molar-refractivity contribution in [3.63, 3.8) is 0 Å². The number of halogens is 1. The number of hydrogen-bond donors (Lipinski definition) is 6. The molecule has 0 saturated heterocycles. The first-order chi connectivity index (χ1) is 27.5. The molecular weight excluding hydrogens is 758 g/mol. The topological polar surface area (TPSA) is 223 Å². The second-order valence-electron chi connectivity index (χ2n) is 14.5. The Morgan fingerprint density at radius 3 is 2.27 bits per heavy atom. The molecule has 0 radical (unpaired) electrons. The van der Waals surface area contributed by atoms with Gasteiger partial charge < -0.3 is 47.2 Å². The van der Waals surface area contributed by atoms with E-state index in [1.165, 1.54) is 25.8 Å². The zero-order valence-electron chi connectivity index (χ0n) is 35.5. The predicted octanol–water partition coefficient (Wildman–Crippen LogP) is 5.08. The van der Waals surface area contributed by atoms with Crippen LogP contribution in [0.4, 0.5) is 4.39 Å². The number of primary amides is 1. The first kappa shape index (κ1) is 54.1. The van der Waals surface area contributed by atoms with Gasteiger partial charge in [-0.3, -0.25) is 24.0 Å². The van der Waals surface area contributed by atoms with Gasteiger partial charge in [0.25, 0.3) is 0 Å². The average Bonchev–Trinajstić information content (AvgIpc) is 3.46. The smallest absolute Gasteiger partial charge is 0.306 e. The number of benzene rings is 2. The molecular formula is C44H72FN7O7. The van der Waals surface area contributed by atoms with Crippen LogP contribution in [0.5, 0.6) is 0 Å². The molecule has 4 amide bonds. The van der Waals surface area contributed by atoms with Crippen LogP contribution < -0.4 is 33.2 Å². The minimum Gasteiger partial charge on any atom is -0.463 e. The minimum absolute atomic E-state index is 0. The highest BCUT2D eigenvalue weighted by molar-refractivity contribution is 5.87. The number of ether oxygens (including phenoxy) is 2. The Bertz CT molecular complexity index is 1710. The number of nitrogens with two attached hydrogens (primary N) is 3. The Labute approximate surface area is 350 Å². The van der Waals surface area contributed by atoms with Gasteiger partial charge in [0, 0.05) is 43.5 Å². The average molecular weight is 830 g/mol. The van der Waals surface area contributed by atoms with Crippen molar-refractivity contribution < 1.29 is 37.8 Å². The standard InChI is InChI=1S/C19H28N4O4.C15H21FN2.C7H14O2.C2H5NO.CH4/c1-3-16-12(2)23-17(24)10-22-19(26)15(20)8-13-5-4-6-14(7-13)9-21-18(25)11-27-16;1-12-11-18(9-5-3-2-4-8-17)15-7-6-13(16)10-14(12)15;1-4-5-7(8)9-6(2)3;1-2(3)4;/h4-7,12,15-16H,3,8-11,20H2,1-2H3,(H,21,25)(H,22,26)(H,23,24);6-7,10-11H,2-5,8-9,17H2,1H3;6H,4-5H2,1-3H3;1H3,(H2,3,4);1H4. The normalized spacial score (nSPS) is 17.1. The van der Waals surface area contributed by atoms with Gasteiger partial charge in [-0.25, -0.2) is 4.39 Å². The van der Waals surface area contributed by atoms with Crippen molar-refractivity contribution in [2.24, 2.45) is 17.2 Å². The van der Waals surface area contributed by atoms with Crippen molar-refractivity contribution in [3.05, 3.63) is 71.2 Å². The lowest BCUT2D eigenvalue weighted by molar-refractivity contribution is -0.147. The van der Waals surface area contributed by atoms with Crippen LogP contribution in [-0.2, 0) is 53.0 Å². The van der Waals surface area contributed by atoms with Crippen molar-refractivity contribution in [1.29, 1.82) is 0 Å². The van der Waals surface area contributed by atoms with Crippen LogP contribution in [0, 0.1) is 12.7 Å². The molecule has 3 atom stereocenters. The Kier molecular flexibility index (Phi) is 27.7. The maximum absolute atomic E-state index is 13.2. The molecule has 4 rings (SSSR count). The third-order valence-electron chi connectivity index (χ3n) is 8.69. The van der Waals surface area contributed by atoms with Crippen LogP contribution in [0.15, 0.2) is 48.7 Å². The lowest BCUT2D eigenvalue weighted by Gasteiger charge is -2.24. The summed E-state index contributed by atoms with van der Waals surface area (Å²) in [4.78, 5) is 56.1. The molecule has 0 spiro atoms. The molecule has 2 aromatic carbocycles. The van der Waals surface area contributed by atoms with Crippen LogP contribution >= 0.6 is 0 Å². The number of esters is 1. The fourth-order valence-corrected chi connectivity index (χ4v) is 5.90. The fraction of sp³-hybridized carbons (Fsp3) is 0.568. The minimum atomic E-state index is -0.762. The first-order valence-corrected chi connectivity index (χ1v) is 20.2. The van der Waals surface area contributed by atoms with Crippen LogP contribution in [-0.4, -0.2) is 78.2 Å². The molecule has 3 aromatic rings. The summed E-state index contributed by atoms with van der Waals surface area (Å²) >= 11 is 0. The number of carbonyl (C=O) groups is 5. The zero-order chi connectivity index (χ0) is 43.6. The van der Waals surface area contributed by atoms with Gasteiger partial charge in [-0.2, -0.15) is 0 Å². The molecule has 9 N–H and O–H groups in total. The van der Waals surface area contributed by atoms with Gasteiger partial charge in [0.05, 0.1) is 30.8 Å². The lowest BCUT2D eigenvalue weighted by atomic mass is 10.0. The van der Waals surface area contributed by atoms with E-state index in [9.17, 15) is 28.4 Å². The van der Waals surface area contributed by atoms with E-state index in [-0.39, 0.29) is 74.2 Å². The summed E-state index contributed by atoms with van der Waals surface area (Å²) in [6.07, 6.45) is 8.88. The van der Waals surface area contributed by atoms with Gasteiger partial charge in [-0.15, -0.1) is 0 Å². The Balaban J connectivity index is 0.000000901. The van der Waals surface area contributed by atoms with Crippen LogP contribution in [0.1, 0.15) is 111 Å². The summed E-state index contributed by atoms with van der Waals surface area (Å²) in [6, 6.07) is 11.5. The van der Waals surface area contributed by atoms with E-state index in [0.717, 1.165) is 59.9 Å². The maximum Gasteiger partial charge on any atom is 0.306 e. The number of fused-ring (bicyclic) bond motifs is 3. The summed E-state index contributed by atoms with van der Waals surface area (Å²) in [5, 5.41) is 9.18. The number of aryl methyl sites for hydroxylation is 2. The van der Waals surface area contributed by atoms with Crippen molar-refractivity contribution in [2.45, 2.75) is 145 Å². The molecule has 1 aliphatic rings. The molecule has 0 aliphatic carbocycles. The molecule has 0 fully saturated rings. The van der Waals surface area contributed by atoms with E-state index in [4.69, 9.17) is 20.9 Å². The summed E-state index contributed by atoms with van der Waals surface area (Å²) in [6.45, 7) is 14.6. The highest BCUT2D eigenvalue weighted by Gasteiger charge is 2.21. The third kappa shape index (κ3) is 23.4. The first-order valence-electron chi connectivity index (χ1n) is 20.2. The van der Waals surface area contributed by atoms with Crippen molar-refractivity contribution in [1.82, 2.24) is 20.5 Å². The number of carbonyl (C=O) groups excluding carboxylic acids is 5. The number of hydrogen-bond acceptors (Lipinski definition) is 9. The van der Waals surface area contributed by atoms with Gasteiger partial charge in [0.2, 0.25) is 23.6 Å². The highest BCUT2D eigenvalue weighted by Crippen LogP contribution is 2.22. The largest absolute Gasteiger partial charge is 0.463 e. The molecule has 59 heavy (non-hydrogen) atoms. The number of nitrogens with one attached hydrogen (secondary N) is 3. The number of aromatic nitrogens is 1. The monoisotopic (exact) mass is 830 g/mol. The van der Waals surface area contributed by atoms with Crippen molar-refractivity contribution in [2.75, 3.05) is 19.7 Å². The molecule has 2 heterocycles. The molecule has 2 bridgehead atoms. The summed E-state index contributed by atoms with van der Waals surface area (Å²) in [5.74, 6) is -1.53. The van der Waals surface area contributed by atoms with Crippen LogP contribution in [0.25, 0.3) is 10.9 Å². The third-order valence-corrected chi connectivity index (χ3v) is 8.69. The van der Waals surface area contributed by atoms with Crippen LogP contribution in [0.2, 0.25) is 0 Å². The fourth-order valence-electron chi connectivity index (χ4n) is 5.90. The molecule has 15 heteroatoms. The summed E-state index contributed by atoms with van der Waals surface area (Å²) in [7, 11) is 0. The van der Waals surface area contributed by atoms with Gasteiger partial charge >= 0.3 is 5.97 Å². The SMILES string of the molecule is C.CC(N)=O.CCC1OCC(=O)NCc2cccc(c2)CC(N)C(=O)NCC(=O)NC1C.CCCC(=O)OC(C)C.Cc1cn(CCCCCCN)c2ccc(F)cc12. The number of unbranched alkanes of at least 4 members (excludes halogenated alkanes) is 3. The number of amides is 4. The van der Waals surface area contributed by atoms with E-state index in [1.54, 1.807) is 13.0 Å². The lowest BCUT2D eigenvalue weighted by Crippen LogP contribution is -2.49. The Hall–Kier alpha value is -4.86. The second-order valence-corrected chi connectivity index (χ2v) is 14.5. The second kappa shape index (κ2) is 30.2. The van der Waals surface area contributed by atoms with Crippen molar-refractivity contribution in [3.8, 4) is 0 Å². The van der Waals surface area contributed by atoms with E-state index in [0.29, 0.717) is 25.8 Å². The van der Waals surface area contributed by atoms with Gasteiger partial charge in [0.1, 0.15) is 12.4 Å². The Morgan fingerprint density at radius 1 is 0.983 bits per heavy atom. The van der Waals surface area contributed by atoms with E-state index in [1.807, 2.05) is 65.0 Å². The molecule has 332 valence electrons. The Morgan fingerprint density at radius 2 is 1.64 bits per heavy atom. The van der Waals surface area contributed by atoms with Gasteiger partial charge in [0.15, 0.2) is 0 Å².